The van der Waals surface area contributed by atoms with Crippen LogP contribution < -0.4 is 32.3 Å². The van der Waals surface area contributed by atoms with Crippen molar-refractivity contribution in [2.75, 3.05) is 6.54 Å². The Morgan fingerprint density at radius 3 is 1.92 bits per heavy atom. The summed E-state index contributed by atoms with van der Waals surface area (Å²) < 4.78 is 0. The number of aromatic nitrogens is 2. The fourth-order valence-corrected chi connectivity index (χ4v) is 4.71. The van der Waals surface area contributed by atoms with Crippen molar-refractivity contribution in [1.29, 1.82) is 0 Å². The highest BCUT2D eigenvalue weighted by Gasteiger charge is 2.30. The van der Waals surface area contributed by atoms with E-state index in [1.54, 1.807) is 12.1 Å². The topological polar surface area (TPSA) is 258 Å². The molecule has 16 nitrogen and oxygen atoms in total. The number of phenols is 1. The molecule has 5 atom stereocenters. The van der Waals surface area contributed by atoms with Gasteiger partial charge in [-0.3, -0.25) is 24.0 Å². The van der Waals surface area contributed by atoms with E-state index in [9.17, 15) is 39.0 Å². The molecule has 0 aliphatic heterocycles. The molecule has 0 unspecified atom stereocenters. The molecule has 16 heteroatoms. The maximum Gasteiger partial charge on any atom is 0.326 e. The first-order valence-electron chi connectivity index (χ1n) is 15.8. The fourth-order valence-electron chi connectivity index (χ4n) is 4.71. The number of aromatic hydroxyl groups is 1. The summed E-state index contributed by atoms with van der Waals surface area (Å²) in [5, 5.41) is 31.6. The lowest BCUT2D eigenvalue weighted by Crippen LogP contribution is -2.58. The molecule has 2 rings (SSSR count). The van der Waals surface area contributed by atoms with Crippen LogP contribution in [0.5, 0.6) is 5.75 Å². The molecular weight excluding hydrogens is 624 g/mol. The maximum absolute atomic E-state index is 13.6. The zero-order valence-electron chi connectivity index (χ0n) is 27.9. The highest BCUT2D eigenvalue weighted by atomic mass is 16.4. The largest absolute Gasteiger partial charge is 0.508 e. The second-order valence-electron chi connectivity index (χ2n) is 12.5. The smallest absolute Gasteiger partial charge is 0.326 e. The van der Waals surface area contributed by atoms with E-state index in [-0.39, 0.29) is 36.8 Å². The highest BCUT2D eigenvalue weighted by Crippen LogP contribution is 2.12. The summed E-state index contributed by atoms with van der Waals surface area (Å²) in [5.41, 5.74) is 7.16. The van der Waals surface area contributed by atoms with Crippen LogP contribution in [0.25, 0.3) is 0 Å². The van der Waals surface area contributed by atoms with Crippen molar-refractivity contribution in [2.24, 2.45) is 17.6 Å². The standard InChI is InChI=1S/C32H48N8O8/c1-17(2)10-23(33)29(44)39-25(13-21-14-34-16-36-21)31(46)40-24(12-20-6-8-22(41)9-7-20)30(45)37-19(5)28(43)35-15-27(42)38-26(32(47)48)11-18(3)4/h6-9,14,16-19,23-26,41H,10-13,15,33H2,1-5H3,(H,34,36)(H,35,43)(H,37,45)(H,38,42)(H,39,44)(H,40,46)(H,47,48)/t19-,23-,24-,25-,26-/m0/s1. The van der Waals surface area contributed by atoms with Gasteiger partial charge in [-0.2, -0.15) is 0 Å². The zero-order valence-corrected chi connectivity index (χ0v) is 27.9. The van der Waals surface area contributed by atoms with Gasteiger partial charge in [0.1, 0.15) is 29.9 Å². The number of carbonyl (C=O) groups excluding carboxylic acids is 5. The quantitative estimate of drug-likeness (QED) is 0.0922. The lowest BCUT2D eigenvalue weighted by atomic mass is 10.0. The molecule has 0 spiro atoms. The second-order valence-corrected chi connectivity index (χ2v) is 12.5. The number of hydrogen-bond donors (Lipinski definition) is 9. The Hall–Kier alpha value is -4.99. The summed E-state index contributed by atoms with van der Waals surface area (Å²) in [6.45, 7) is 8.29. The third kappa shape index (κ3) is 13.8. The molecular formula is C32H48N8O8. The predicted octanol–water partition coefficient (Wildman–Crippen LogP) is -0.520. The van der Waals surface area contributed by atoms with Crippen molar-refractivity contribution in [3.8, 4) is 5.75 Å². The Kier molecular flexibility index (Phi) is 15.5. The number of nitrogens with two attached hydrogens (primary N) is 1. The van der Waals surface area contributed by atoms with E-state index in [0.717, 1.165) is 0 Å². The molecule has 1 heterocycles. The van der Waals surface area contributed by atoms with Crippen LogP contribution >= 0.6 is 0 Å². The van der Waals surface area contributed by atoms with Crippen LogP contribution in [0.15, 0.2) is 36.8 Å². The van der Waals surface area contributed by atoms with Crippen molar-refractivity contribution in [3.63, 3.8) is 0 Å². The van der Waals surface area contributed by atoms with Gasteiger partial charge in [0.05, 0.1) is 18.9 Å². The molecule has 0 saturated carbocycles. The molecule has 48 heavy (non-hydrogen) atoms. The monoisotopic (exact) mass is 672 g/mol. The molecule has 0 aliphatic rings. The number of phenolic OH excluding ortho intramolecular Hbond substituents is 1. The van der Waals surface area contributed by atoms with Gasteiger partial charge < -0.3 is 47.5 Å². The number of aromatic amines is 1. The van der Waals surface area contributed by atoms with E-state index in [4.69, 9.17) is 5.73 Å². The Bertz CT molecular complexity index is 1380. The van der Waals surface area contributed by atoms with Crippen molar-refractivity contribution in [2.45, 2.75) is 90.5 Å². The number of benzene rings is 1. The molecule has 0 bridgehead atoms. The maximum atomic E-state index is 13.6. The average molecular weight is 673 g/mol. The number of carbonyl (C=O) groups is 6. The van der Waals surface area contributed by atoms with Gasteiger partial charge in [0.25, 0.3) is 0 Å². The lowest BCUT2D eigenvalue weighted by Gasteiger charge is -2.25. The van der Waals surface area contributed by atoms with Gasteiger partial charge in [-0.05, 0) is 49.3 Å². The summed E-state index contributed by atoms with van der Waals surface area (Å²) in [5.74, 6) is -4.50. The normalized spacial score (nSPS) is 14.2. The van der Waals surface area contributed by atoms with E-state index in [2.05, 4.69) is 36.6 Å². The summed E-state index contributed by atoms with van der Waals surface area (Å²) in [4.78, 5) is 83.4. The number of hydrogen-bond acceptors (Lipinski definition) is 9. The first kappa shape index (κ1) is 39.2. The van der Waals surface area contributed by atoms with E-state index >= 15 is 0 Å². The second kappa shape index (κ2) is 19.0. The third-order valence-electron chi connectivity index (χ3n) is 7.20. The van der Waals surface area contributed by atoms with Crippen LogP contribution in [-0.2, 0) is 41.6 Å². The van der Waals surface area contributed by atoms with Crippen LogP contribution in [0.2, 0.25) is 0 Å². The minimum Gasteiger partial charge on any atom is -0.508 e. The average Bonchev–Trinajstić information content (AvgIpc) is 3.52. The summed E-state index contributed by atoms with van der Waals surface area (Å²) in [7, 11) is 0. The molecule has 0 fully saturated rings. The highest BCUT2D eigenvalue weighted by molar-refractivity contribution is 5.95. The van der Waals surface area contributed by atoms with Gasteiger partial charge in [0.2, 0.25) is 29.5 Å². The lowest BCUT2D eigenvalue weighted by molar-refractivity contribution is -0.142. The molecule has 2 aromatic rings. The van der Waals surface area contributed by atoms with Gasteiger partial charge in [0, 0.05) is 24.7 Å². The Morgan fingerprint density at radius 2 is 1.35 bits per heavy atom. The van der Waals surface area contributed by atoms with E-state index in [1.165, 1.54) is 31.6 Å². The molecule has 0 aliphatic carbocycles. The van der Waals surface area contributed by atoms with E-state index < -0.39 is 72.3 Å². The number of rotatable bonds is 19. The van der Waals surface area contributed by atoms with Crippen LogP contribution in [0.1, 0.15) is 58.7 Å². The Balaban J connectivity index is 2.17. The Morgan fingerprint density at radius 1 is 0.771 bits per heavy atom. The Labute approximate surface area is 279 Å². The van der Waals surface area contributed by atoms with E-state index in [1.807, 2.05) is 27.7 Å². The number of imidazole rings is 1. The summed E-state index contributed by atoms with van der Waals surface area (Å²) in [6.07, 6.45) is 3.47. The number of carboxylic acids is 1. The number of amides is 5. The molecule has 5 amide bonds. The number of aliphatic carboxylic acids is 1. The zero-order chi connectivity index (χ0) is 36.0. The van der Waals surface area contributed by atoms with Crippen LogP contribution in [0.4, 0.5) is 0 Å². The van der Waals surface area contributed by atoms with Crippen molar-refractivity contribution < 1.29 is 39.0 Å². The number of H-pyrrole nitrogens is 1. The first-order valence-corrected chi connectivity index (χ1v) is 15.8. The number of nitrogens with one attached hydrogen (secondary N) is 6. The van der Waals surface area contributed by atoms with Gasteiger partial charge >= 0.3 is 5.97 Å². The van der Waals surface area contributed by atoms with Crippen molar-refractivity contribution in [1.82, 2.24) is 36.6 Å². The minimum absolute atomic E-state index is 0.00271. The molecule has 1 aromatic heterocycles. The van der Waals surface area contributed by atoms with Gasteiger partial charge in [-0.1, -0.05) is 39.8 Å². The van der Waals surface area contributed by atoms with Crippen LogP contribution in [-0.4, -0.2) is 92.4 Å². The van der Waals surface area contributed by atoms with Crippen molar-refractivity contribution in [3.05, 3.63) is 48.0 Å². The van der Waals surface area contributed by atoms with Gasteiger partial charge in [0.15, 0.2) is 0 Å². The molecule has 10 N–H and O–H groups in total. The molecule has 0 saturated heterocycles. The van der Waals surface area contributed by atoms with Gasteiger partial charge in [-0.15, -0.1) is 0 Å². The molecule has 1 aromatic carbocycles. The predicted molar refractivity (Wildman–Crippen MR) is 175 cm³/mol. The van der Waals surface area contributed by atoms with Gasteiger partial charge in [-0.25, -0.2) is 9.78 Å². The van der Waals surface area contributed by atoms with Crippen LogP contribution in [0.3, 0.4) is 0 Å². The van der Waals surface area contributed by atoms with Crippen LogP contribution in [0, 0.1) is 11.8 Å². The first-order chi connectivity index (χ1) is 22.5. The van der Waals surface area contributed by atoms with Crippen molar-refractivity contribution >= 4 is 35.5 Å². The van der Waals surface area contributed by atoms with E-state index in [0.29, 0.717) is 17.7 Å². The minimum atomic E-state index is -1.24. The fraction of sp³-hybridized carbons (Fsp3) is 0.531. The summed E-state index contributed by atoms with van der Waals surface area (Å²) in [6, 6.07) is 0.429. The third-order valence-corrected chi connectivity index (χ3v) is 7.20. The number of carboxylic acid groups (broad SMARTS) is 1. The molecule has 0 radical (unpaired) electrons. The summed E-state index contributed by atoms with van der Waals surface area (Å²) >= 11 is 0. The SMILES string of the molecule is CC(C)C[C@H](NC(=O)CNC(=O)[C@H](C)NC(=O)[C@H](Cc1ccc(O)cc1)NC(=O)[C@H](Cc1cnc[nH]1)NC(=O)[C@@H](N)CC(C)C)C(=O)O. The molecule has 264 valence electrons. The number of nitrogens with zero attached hydrogens (tertiary/aromatic N) is 1.